The molecule has 1 aromatic carbocycles. The SMILES string of the molecule is CC(C)CCNC(=O)N[C@H]1CCc2ccccc21. The number of fused-ring (bicyclic) bond motifs is 1. The average Bonchev–Trinajstić information content (AvgIpc) is 2.72. The first-order valence-electron chi connectivity index (χ1n) is 6.79. The Balaban J connectivity index is 1.82. The van der Waals surface area contributed by atoms with Crippen LogP contribution in [0.2, 0.25) is 0 Å². The summed E-state index contributed by atoms with van der Waals surface area (Å²) >= 11 is 0. The molecular formula is C15H22N2O. The van der Waals surface area contributed by atoms with Gasteiger partial charge in [-0.05, 0) is 36.3 Å². The van der Waals surface area contributed by atoms with E-state index in [9.17, 15) is 4.79 Å². The number of rotatable bonds is 4. The lowest BCUT2D eigenvalue weighted by atomic mass is 10.1. The van der Waals surface area contributed by atoms with E-state index in [2.05, 4.69) is 42.7 Å². The van der Waals surface area contributed by atoms with Gasteiger partial charge in [-0.1, -0.05) is 38.1 Å². The van der Waals surface area contributed by atoms with Gasteiger partial charge in [0.15, 0.2) is 0 Å². The molecule has 0 aromatic heterocycles. The van der Waals surface area contributed by atoms with Crippen LogP contribution in [-0.2, 0) is 6.42 Å². The lowest BCUT2D eigenvalue weighted by molar-refractivity contribution is 0.236. The summed E-state index contributed by atoms with van der Waals surface area (Å²) in [7, 11) is 0. The van der Waals surface area contributed by atoms with Crippen molar-refractivity contribution in [3.05, 3.63) is 35.4 Å². The summed E-state index contributed by atoms with van der Waals surface area (Å²) in [5.41, 5.74) is 2.64. The lowest BCUT2D eigenvalue weighted by Crippen LogP contribution is -2.38. The van der Waals surface area contributed by atoms with Gasteiger partial charge in [-0.3, -0.25) is 0 Å². The molecule has 0 unspecified atom stereocenters. The van der Waals surface area contributed by atoms with E-state index in [4.69, 9.17) is 0 Å². The number of hydrogen-bond donors (Lipinski definition) is 2. The normalized spacial score (nSPS) is 17.6. The molecule has 3 nitrogen and oxygen atoms in total. The minimum Gasteiger partial charge on any atom is -0.338 e. The fraction of sp³-hybridized carbons (Fsp3) is 0.533. The van der Waals surface area contributed by atoms with Crippen molar-refractivity contribution in [2.24, 2.45) is 5.92 Å². The molecular weight excluding hydrogens is 224 g/mol. The van der Waals surface area contributed by atoms with E-state index in [1.54, 1.807) is 0 Å². The molecule has 0 heterocycles. The molecule has 1 aliphatic rings. The lowest BCUT2D eigenvalue weighted by Gasteiger charge is -2.15. The van der Waals surface area contributed by atoms with E-state index in [0.717, 1.165) is 25.8 Å². The number of benzene rings is 1. The van der Waals surface area contributed by atoms with Gasteiger partial charge >= 0.3 is 6.03 Å². The first-order chi connectivity index (χ1) is 8.66. The minimum atomic E-state index is -0.0441. The van der Waals surface area contributed by atoms with Crippen LogP contribution in [0.15, 0.2) is 24.3 Å². The van der Waals surface area contributed by atoms with E-state index in [-0.39, 0.29) is 12.1 Å². The summed E-state index contributed by atoms with van der Waals surface area (Å²) in [5, 5.41) is 5.98. The summed E-state index contributed by atoms with van der Waals surface area (Å²) in [5.74, 6) is 0.623. The van der Waals surface area contributed by atoms with Crippen molar-refractivity contribution in [2.75, 3.05) is 6.54 Å². The quantitative estimate of drug-likeness (QED) is 0.842. The standard InChI is InChI=1S/C15H22N2O/c1-11(2)9-10-16-15(18)17-14-8-7-12-5-3-4-6-13(12)14/h3-6,11,14H,7-10H2,1-2H3,(H2,16,17,18)/t14-/m0/s1. The molecule has 2 N–H and O–H groups in total. The Morgan fingerprint density at radius 3 is 2.94 bits per heavy atom. The highest BCUT2D eigenvalue weighted by atomic mass is 16.2. The number of carbonyl (C=O) groups is 1. The largest absolute Gasteiger partial charge is 0.338 e. The van der Waals surface area contributed by atoms with Crippen LogP contribution in [0.3, 0.4) is 0 Å². The zero-order chi connectivity index (χ0) is 13.0. The molecule has 1 aromatic rings. The van der Waals surface area contributed by atoms with Gasteiger partial charge in [0.05, 0.1) is 6.04 Å². The predicted octanol–water partition coefficient (Wildman–Crippen LogP) is 3.02. The van der Waals surface area contributed by atoms with Crippen LogP contribution >= 0.6 is 0 Å². The van der Waals surface area contributed by atoms with Gasteiger partial charge in [-0.2, -0.15) is 0 Å². The summed E-state index contributed by atoms with van der Waals surface area (Å²) in [4.78, 5) is 11.8. The van der Waals surface area contributed by atoms with E-state index in [0.29, 0.717) is 5.92 Å². The van der Waals surface area contributed by atoms with Gasteiger partial charge in [-0.25, -0.2) is 4.79 Å². The number of carbonyl (C=O) groups excluding carboxylic acids is 1. The second-order valence-corrected chi connectivity index (χ2v) is 5.37. The zero-order valence-corrected chi connectivity index (χ0v) is 11.2. The van der Waals surface area contributed by atoms with Crippen molar-refractivity contribution in [2.45, 2.75) is 39.2 Å². The third kappa shape index (κ3) is 3.25. The number of aryl methyl sites for hydroxylation is 1. The topological polar surface area (TPSA) is 41.1 Å². The Hall–Kier alpha value is -1.51. The molecule has 3 heteroatoms. The van der Waals surface area contributed by atoms with Crippen molar-refractivity contribution in [3.8, 4) is 0 Å². The fourth-order valence-electron chi connectivity index (χ4n) is 2.39. The Morgan fingerprint density at radius 2 is 2.17 bits per heavy atom. The molecule has 98 valence electrons. The molecule has 0 saturated heterocycles. The Kier molecular flexibility index (Phi) is 4.24. The number of amides is 2. The fourth-order valence-corrected chi connectivity index (χ4v) is 2.39. The highest BCUT2D eigenvalue weighted by Gasteiger charge is 2.22. The van der Waals surface area contributed by atoms with Crippen molar-refractivity contribution >= 4 is 6.03 Å². The van der Waals surface area contributed by atoms with Crippen molar-refractivity contribution in [1.82, 2.24) is 10.6 Å². The molecule has 2 amide bonds. The number of hydrogen-bond acceptors (Lipinski definition) is 1. The van der Waals surface area contributed by atoms with Gasteiger partial charge in [-0.15, -0.1) is 0 Å². The van der Waals surface area contributed by atoms with Crippen LogP contribution in [0.1, 0.15) is 43.9 Å². The second-order valence-electron chi connectivity index (χ2n) is 5.37. The number of nitrogens with one attached hydrogen (secondary N) is 2. The van der Waals surface area contributed by atoms with E-state index < -0.39 is 0 Å². The summed E-state index contributed by atoms with van der Waals surface area (Å²) in [6, 6.07) is 8.49. The molecule has 0 spiro atoms. The summed E-state index contributed by atoms with van der Waals surface area (Å²) in [6.07, 6.45) is 3.10. The van der Waals surface area contributed by atoms with E-state index in [1.165, 1.54) is 11.1 Å². The average molecular weight is 246 g/mol. The number of urea groups is 1. The van der Waals surface area contributed by atoms with Crippen molar-refractivity contribution in [1.29, 1.82) is 0 Å². The maximum Gasteiger partial charge on any atom is 0.315 e. The molecule has 2 rings (SSSR count). The Bertz CT molecular complexity index is 415. The van der Waals surface area contributed by atoms with Crippen LogP contribution in [-0.4, -0.2) is 12.6 Å². The minimum absolute atomic E-state index is 0.0441. The van der Waals surface area contributed by atoms with Gasteiger partial charge in [0.25, 0.3) is 0 Å². The molecule has 18 heavy (non-hydrogen) atoms. The van der Waals surface area contributed by atoms with Crippen LogP contribution in [0.4, 0.5) is 4.79 Å². The zero-order valence-electron chi connectivity index (χ0n) is 11.2. The van der Waals surface area contributed by atoms with Gasteiger partial charge in [0.2, 0.25) is 0 Å². The molecule has 0 bridgehead atoms. The van der Waals surface area contributed by atoms with E-state index >= 15 is 0 Å². The van der Waals surface area contributed by atoms with Crippen molar-refractivity contribution < 1.29 is 4.79 Å². The van der Waals surface area contributed by atoms with Gasteiger partial charge in [0.1, 0.15) is 0 Å². The van der Waals surface area contributed by atoms with Gasteiger partial charge in [0, 0.05) is 6.54 Å². The molecule has 0 fully saturated rings. The van der Waals surface area contributed by atoms with Crippen LogP contribution < -0.4 is 10.6 Å². The molecule has 0 radical (unpaired) electrons. The smallest absolute Gasteiger partial charge is 0.315 e. The molecule has 1 aliphatic carbocycles. The monoisotopic (exact) mass is 246 g/mol. The first-order valence-corrected chi connectivity index (χ1v) is 6.79. The summed E-state index contributed by atoms with van der Waals surface area (Å²) < 4.78 is 0. The Labute approximate surface area is 109 Å². The third-order valence-corrected chi connectivity index (χ3v) is 3.45. The van der Waals surface area contributed by atoms with Crippen LogP contribution in [0, 0.1) is 5.92 Å². The van der Waals surface area contributed by atoms with Crippen LogP contribution in [0.25, 0.3) is 0 Å². The maximum absolute atomic E-state index is 11.8. The van der Waals surface area contributed by atoms with E-state index in [1.807, 2.05) is 6.07 Å². The third-order valence-electron chi connectivity index (χ3n) is 3.45. The van der Waals surface area contributed by atoms with Crippen molar-refractivity contribution in [3.63, 3.8) is 0 Å². The highest BCUT2D eigenvalue weighted by molar-refractivity contribution is 5.74. The predicted molar refractivity (Wildman–Crippen MR) is 73.5 cm³/mol. The molecule has 0 saturated carbocycles. The highest BCUT2D eigenvalue weighted by Crippen LogP contribution is 2.30. The van der Waals surface area contributed by atoms with Crippen LogP contribution in [0.5, 0.6) is 0 Å². The van der Waals surface area contributed by atoms with Gasteiger partial charge < -0.3 is 10.6 Å². The first kappa shape index (κ1) is 12.9. The summed E-state index contributed by atoms with van der Waals surface area (Å²) in [6.45, 7) is 5.07. The molecule has 0 aliphatic heterocycles. The second kappa shape index (κ2) is 5.89. The Morgan fingerprint density at radius 1 is 1.39 bits per heavy atom. The molecule has 1 atom stereocenters. The maximum atomic E-state index is 11.8.